The molecule has 0 saturated carbocycles. The second kappa shape index (κ2) is 20.0. The lowest BCUT2D eigenvalue weighted by Crippen LogP contribution is -2.19. The van der Waals surface area contributed by atoms with Crippen molar-refractivity contribution in [1.29, 1.82) is 0 Å². The molecule has 10 aromatic carbocycles. The SMILES string of the molecule is Cc1cc(C)c(N(c2ccc(N(c3nc(-c4ccccc4)nc(-c4ccc5ccccc5c4-c4ccccc4)n3)c3nc(-c4ccccc4)nc(-c4cccc5ccccc45)n3)cc2)c2c(C)cc(C)cc2C)c(C)c1. The van der Waals surface area contributed by atoms with E-state index in [1.807, 2.05) is 71.6 Å². The van der Waals surface area contributed by atoms with Gasteiger partial charge in [0, 0.05) is 33.5 Å². The molecule has 0 bridgehead atoms. The minimum Gasteiger partial charge on any atom is -0.309 e. The third-order valence-corrected chi connectivity index (χ3v) is 14.1. The summed E-state index contributed by atoms with van der Waals surface area (Å²) < 4.78 is 0. The predicted octanol–water partition coefficient (Wildman–Crippen LogP) is 17.5. The Labute approximate surface area is 443 Å². The van der Waals surface area contributed by atoms with Gasteiger partial charge in [0.2, 0.25) is 11.9 Å². The van der Waals surface area contributed by atoms with Crippen LogP contribution in [0.4, 0.5) is 34.6 Å². The molecule has 366 valence electrons. The van der Waals surface area contributed by atoms with Gasteiger partial charge in [0.05, 0.1) is 17.1 Å². The summed E-state index contributed by atoms with van der Waals surface area (Å²) >= 11 is 0. The van der Waals surface area contributed by atoms with E-state index in [2.05, 4.69) is 198 Å². The van der Waals surface area contributed by atoms with Crippen LogP contribution in [0.25, 0.3) is 78.2 Å². The highest BCUT2D eigenvalue weighted by Crippen LogP contribution is 2.45. The van der Waals surface area contributed by atoms with E-state index >= 15 is 0 Å². The molecule has 0 radical (unpaired) electrons. The van der Waals surface area contributed by atoms with Crippen LogP contribution >= 0.6 is 0 Å². The largest absolute Gasteiger partial charge is 0.309 e. The average molecular weight is 983 g/mol. The summed E-state index contributed by atoms with van der Waals surface area (Å²) in [5.74, 6) is 2.71. The van der Waals surface area contributed by atoms with Crippen LogP contribution in [0.2, 0.25) is 0 Å². The molecule has 0 aliphatic heterocycles. The van der Waals surface area contributed by atoms with Crippen LogP contribution in [0.3, 0.4) is 0 Å². The summed E-state index contributed by atoms with van der Waals surface area (Å²) in [5.41, 5.74) is 16.8. The molecule has 0 aliphatic rings. The maximum absolute atomic E-state index is 5.54. The minimum absolute atomic E-state index is 0.338. The zero-order chi connectivity index (χ0) is 51.9. The van der Waals surface area contributed by atoms with E-state index in [0.717, 1.165) is 77.7 Å². The third-order valence-electron chi connectivity index (χ3n) is 14.1. The Bertz CT molecular complexity index is 4010. The lowest BCUT2D eigenvalue weighted by Gasteiger charge is -2.32. The second-order valence-electron chi connectivity index (χ2n) is 19.6. The molecule has 0 aliphatic carbocycles. The molecule has 8 heteroatoms. The van der Waals surface area contributed by atoms with Crippen molar-refractivity contribution in [3.63, 3.8) is 0 Å². The van der Waals surface area contributed by atoms with Crippen LogP contribution in [-0.4, -0.2) is 29.9 Å². The topological polar surface area (TPSA) is 83.8 Å². The summed E-state index contributed by atoms with van der Waals surface area (Å²) in [4.78, 5) is 36.7. The molecule has 12 rings (SSSR count). The maximum atomic E-state index is 5.54. The molecule has 0 atom stereocenters. The third kappa shape index (κ3) is 9.00. The number of hydrogen-bond acceptors (Lipinski definition) is 8. The normalized spacial score (nSPS) is 11.3. The number of aromatic nitrogens is 6. The minimum atomic E-state index is 0.338. The Morgan fingerprint density at radius 3 is 1.20 bits per heavy atom. The van der Waals surface area contributed by atoms with E-state index in [1.54, 1.807) is 0 Å². The Morgan fingerprint density at radius 1 is 0.289 bits per heavy atom. The molecule has 0 fully saturated rings. The van der Waals surface area contributed by atoms with Gasteiger partial charge < -0.3 is 4.90 Å². The van der Waals surface area contributed by atoms with Crippen molar-refractivity contribution in [3.8, 4) is 56.7 Å². The van der Waals surface area contributed by atoms with Crippen molar-refractivity contribution in [3.05, 3.63) is 252 Å². The van der Waals surface area contributed by atoms with E-state index in [-0.39, 0.29) is 0 Å². The van der Waals surface area contributed by atoms with E-state index in [0.29, 0.717) is 35.2 Å². The van der Waals surface area contributed by atoms with Gasteiger partial charge in [-0.3, -0.25) is 0 Å². The van der Waals surface area contributed by atoms with Crippen LogP contribution in [-0.2, 0) is 0 Å². The summed E-state index contributed by atoms with van der Waals surface area (Å²) in [7, 11) is 0. The van der Waals surface area contributed by atoms with Gasteiger partial charge in [-0.1, -0.05) is 199 Å². The summed E-state index contributed by atoms with van der Waals surface area (Å²) in [6.07, 6.45) is 0. The van der Waals surface area contributed by atoms with Crippen LogP contribution in [0.15, 0.2) is 218 Å². The highest BCUT2D eigenvalue weighted by Gasteiger charge is 2.27. The van der Waals surface area contributed by atoms with Crippen molar-refractivity contribution >= 4 is 56.2 Å². The van der Waals surface area contributed by atoms with Gasteiger partial charge in [0.15, 0.2) is 23.3 Å². The van der Waals surface area contributed by atoms with Gasteiger partial charge in [-0.15, -0.1) is 0 Å². The summed E-state index contributed by atoms with van der Waals surface area (Å²) in [6, 6.07) is 75.7. The first kappa shape index (κ1) is 47.4. The quantitative estimate of drug-likeness (QED) is 0.127. The lowest BCUT2D eigenvalue weighted by molar-refractivity contribution is 0.965. The standard InChI is InChI=1S/C68H54N8/c1-43-39-45(3)61(46(4)40-43)75(62-47(5)41-44(2)42-48(62)6)54-34-36-55(37-35-54)76(67-71-63(52-25-12-8-13-26-52)69-65(73-67)58-32-20-29-49-21-16-18-30-56(49)58)68-72-64(53-27-14-9-15-28-53)70-66(74-68)59-38-33-50-22-17-19-31-57(50)60(59)51-23-10-7-11-24-51/h7-42H,1-6H3. The molecule has 8 nitrogen and oxygen atoms in total. The van der Waals surface area contributed by atoms with Crippen LogP contribution in [0, 0.1) is 41.5 Å². The van der Waals surface area contributed by atoms with Crippen molar-refractivity contribution in [2.75, 3.05) is 9.80 Å². The van der Waals surface area contributed by atoms with Gasteiger partial charge in [-0.05, 0) is 121 Å². The Hall–Kier alpha value is -9.66. The summed E-state index contributed by atoms with van der Waals surface area (Å²) in [5, 5.41) is 4.32. The Balaban J connectivity index is 1.14. The van der Waals surface area contributed by atoms with Gasteiger partial charge in [0.1, 0.15) is 0 Å². The Morgan fingerprint density at radius 2 is 0.684 bits per heavy atom. The zero-order valence-corrected chi connectivity index (χ0v) is 43.4. The smallest absolute Gasteiger partial charge is 0.241 e. The van der Waals surface area contributed by atoms with E-state index < -0.39 is 0 Å². The molecule has 0 unspecified atom stereocenters. The van der Waals surface area contributed by atoms with Crippen LogP contribution in [0.1, 0.15) is 33.4 Å². The zero-order valence-electron chi connectivity index (χ0n) is 43.4. The Kier molecular flexibility index (Phi) is 12.5. The number of hydrogen-bond donors (Lipinski definition) is 0. The van der Waals surface area contributed by atoms with Crippen molar-refractivity contribution in [1.82, 2.24) is 29.9 Å². The highest BCUT2D eigenvalue weighted by molar-refractivity contribution is 6.03. The van der Waals surface area contributed by atoms with E-state index in [9.17, 15) is 0 Å². The molecule has 2 aromatic heterocycles. The predicted molar refractivity (Wildman–Crippen MR) is 313 cm³/mol. The number of benzene rings is 10. The first-order valence-corrected chi connectivity index (χ1v) is 25.7. The fourth-order valence-corrected chi connectivity index (χ4v) is 10.9. The molecule has 2 heterocycles. The molecule has 0 spiro atoms. The molecule has 12 aromatic rings. The number of fused-ring (bicyclic) bond motifs is 2. The van der Waals surface area contributed by atoms with Gasteiger partial charge >= 0.3 is 0 Å². The van der Waals surface area contributed by atoms with Crippen LogP contribution < -0.4 is 9.80 Å². The van der Waals surface area contributed by atoms with Gasteiger partial charge in [-0.2, -0.15) is 19.9 Å². The first-order valence-electron chi connectivity index (χ1n) is 25.7. The molecule has 0 N–H and O–H groups in total. The fraction of sp³-hybridized carbons (Fsp3) is 0.0882. The van der Waals surface area contributed by atoms with Crippen molar-refractivity contribution in [2.24, 2.45) is 0 Å². The average Bonchev–Trinajstić information content (AvgIpc) is 3.52. The van der Waals surface area contributed by atoms with Gasteiger partial charge in [0.25, 0.3) is 0 Å². The number of rotatable bonds is 11. The number of nitrogens with zero attached hydrogens (tertiary/aromatic N) is 8. The molecular weight excluding hydrogens is 929 g/mol. The fourth-order valence-electron chi connectivity index (χ4n) is 10.9. The molecule has 0 amide bonds. The van der Waals surface area contributed by atoms with E-state index in [1.165, 1.54) is 33.4 Å². The van der Waals surface area contributed by atoms with Crippen LogP contribution in [0.5, 0.6) is 0 Å². The maximum Gasteiger partial charge on any atom is 0.241 e. The number of aryl methyl sites for hydroxylation is 6. The second-order valence-corrected chi connectivity index (χ2v) is 19.6. The summed E-state index contributed by atoms with van der Waals surface area (Å²) in [6.45, 7) is 13.1. The molecule has 0 saturated heterocycles. The molecular formula is C68H54N8. The van der Waals surface area contributed by atoms with E-state index in [4.69, 9.17) is 29.9 Å². The highest BCUT2D eigenvalue weighted by atomic mass is 15.4. The lowest BCUT2D eigenvalue weighted by atomic mass is 9.93. The monoisotopic (exact) mass is 982 g/mol. The van der Waals surface area contributed by atoms with Crippen molar-refractivity contribution in [2.45, 2.75) is 41.5 Å². The molecule has 76 heavy (non-hydrogen) atoms. The van der Waals surface area contributed by atoms with Gasteiger partial charge in [-0.25, -0.2) is 14.9 Å². The number of anilines is 6. The first-order chi connectivity index (χ1) is 37.1. The van der Waals surface area contributed by atoms with Crippen molar-refractivity contribution < 1.29 is 0 Å².